The summed E-state index contributed by atoms with van der Waals surface area (Å²) in [5, 5.41) is 0. The van der Waals surface area contributed by atoms with E-state index in [0.29, 0.717) is 38.6 Å². The number of methoxy groups -OCH3 is 1. The number of aromatic nitrogens is 2. The van der Waals surface area contributed by atoms with Crippen molar-refractivity contribution in [1.29, 1.82) is 0 Å². The van der Waals surface area contributed by atoms with Crippen LogP contribution in [0.4, 0.5) is 0 Å². The molecule has 1 N–H and O–H groups in total. The Hall–Kier alpha value is -2.38. The first-order chi connectivity index (χ1) is 11.7. The Labute approximate surface area is 140 Å². The number of ether oxygens (including phenoxy) is 3. The Bertz CT molecular complexity index is 647. The molecular formula is C17H21N3O4. The minimum atomic E-state index is -0.720. The summed E-state index contributed by atoms with van der Waals surface area (Å²) >= 11 is 0. The van der Waals surface area contributed by atoms with E-state index in [1.54, 1.807) is 12.0 Å². The van der Waals surface area contributed by atoms with Gasteiger partial charge in [0.15, 0.2) is 0 Å². The topological polar surface area (TPSA) is 76.7 Å². The highest BCUT2D eigenvalue weighted by Gasteiger charge is 2.38. The smallest absolute Gasteiger partial charge is 0.272 e. The first-order valence-corrected chi connectivity index (χ1v) is 7.81. The summed E-state index contributed by atoms with van der Waals surface area (Å²) in [7, 11) is 1.61. The Morgan fingerprint density at radius 1 is 1.42 bits per heavy atom. The summed E-state index contributed by atoms with van der Waals surface area (Å²) in [6.07, 6.45) is 3.01. The second-order valence-electron chi connectivity index (χ2n) is 5.73. The second-order valence-corrected chi connectivity index (χ2v) is 5.73. The lowest BCUT2D eigenvalue weighted by molar-refractivity contribution is -0.0898. The van der Waals surface area contributed by atoms with Crippen molar-refractivity contribution in [3.05, 3.63) is 48.5 Å². The molecule has 2 aromatic rings. The normalized spacial score (nSPS) is 21.3. The Morgan fingerprint density at radius 3 is 2.96 bits per heavy atom. The molecule has 7 nitrogen and oxygen atoms in total. The van der Waals surface area contributed by atoms with E-state index in [-0.39, 0.29) is 5.91 Å². The second kappa shape index (κ2) is 7.46. The Balaban J connectivity index is 1.72. The van der Waals surface area contributed by atoms with Crippen molar-refractivity contribution in [2.75, 3.05) is 40.0 Å². The number of nitrogens with one attached hydrogen (secondary N) is 1. The number of nitrogens with zero attached hydrogens (tertiary/aromatic N) is 2. The SMILES string of the molecule is CO[C@]1(COc2ccccc2)COCCN(C(=O)c2cnc[nH]2)C1. The number of amides is 1. The number of carbonyl (C=O) groups excluding carboxylic acids is 1. The average molecular weight is 331 g/mol. The van der Waals surface area contributed by atoms with E-state index in [0.717, 1.165) is 5.75 Å². The largest absolute Gasteiger partial charge is 0.490 e. The average Bonchev–Trinajstić information content (AvgIpc) is 3.08. The molecule has 1 aliphatic rings. The molecule has 1 amide bonds. The van der Waals surface area contributed by atoms with Crippen LogP contribution in [-0.2, 0) is 9.47 Å². The van der Waals surface area contributed by atoms with Gasteiger partial charge in [-0.15, -0.1) is 0 Å². The maximum Gasteiger partial charge on any atom is 0.272 e. The molecule has 1 saturated heterocycles. The van der Waals surface area contributed by atoms with Gasteiger partial charge in [0.1, 0.15) is 23.7 Å². The summed E-state index contributed by atoms with van der Waals surface area (Å²) in [5.41, 5.74) is -0.270. The molecule has 0 radical (unpaired) electrons. The van der Waals surface area contributed by atoms with Gasteiger partial charge in [-0.1, -0.05) is 18.2 Å². The monoisotopic (exact) mass is 331 g/mol. The molecule has 128 valence electrons. The highest BCUT2D eigenvalue weighted by molar-refractivity contribution is 5.92. The molecule has 2 heterocycles. The summed E-state index contributed by atoms with van der Waals surface area (Å²) < 4.78 is 17.2. The van der Waals surface area contributed by atoms with E-state index in [9.17, 15) is 4.79 Å². The fourth-order valence-corrected chi connectivity index (χ4v) is 2.62. The van der Waals surface area contributed by atoms with Crippen molar-refractivity contribution in [3.8, 4) is 5.75 Å². The molecule has 1 fully saturated rings. The maximum absolute atomic E-state index is 12.6. The van der Waals surface area contributed by atoms with Gasteiger partial charge >= 0.3 is 0 Å². The summed E-state index contributed by atoms with van der Waals surface area (Å²) in [6.45, 7) is 1.99. The van der Waals surface area contributed by atoms with Crippen LogP contribution < -0.4 is 4.74 Å². The predicted molar refractivity (Wildman–Crippen MR) is 87.0 cm³/mol. The number of H-pyrrole nitrogens is 1. The van der Waals surface area contributed by atoms with E-state index in [1.165, 1.54) is 12.5 Å². The summed E-state index contributed by atoms with van der Waals surface area (Å²) in [5.74, 6) is 0.628. The number of hydrogen-bond donors (Lipinski definition) is 1. The lowest BCUT2D eigenvalue weighted by atomic mass is 10.1. The molecular weight excluding hydrogens is 310 g/mol. The lowest BCUT2D eigenvalue weighted by Gasteiger charge is -2.33. The molecule has 1 aliphatic heterocycles. The molecule has 3 rings (SSSR count). The van der Waals surface area contributed by atoms with Gasteiger partial charge in [-0.05, 0) is 12.1 Å². The van der Waals surface area contributed by atoms with Gasteiger partial charge in [0.2, 0.25) is 0 Å². The van der Waals surface area contributed by atoms with Crippen molar-refractivity contribution in [1.82, 2.24) is 14.9 Å². The zero-order chi connectivity index (χ0) is 16.8. The van der Waals surface area contributed by atoms with Crippen LogP contribution in [0.3, 0.4) is 0 Å². The van der Waals surface area contributed by atoms with Gasteiger partial charge in [-0.25, -0.2) is 4.98 Å². The number of para-hydroxylation sites is 1. The van der Waals surface area contributed by atoms with E-state index in [1.807, 2.05) is 30.3 Å². The van der Waals surface area contributed by atoms with E-state index in [4.69, 9.17) is 14.2 Å². The van der Waals surface area contributed by atoms with Crippen molar-refractivity contribution < 1.29 is 19.0 Å². The van der Waals surface area contributed by atoms with Crippen LogP contribution in [0.25, 0.3) is 0 Å². The van der Waals surface area contributed by atoms with Gasteiger partial charge in [-0.2, -0.15) is 0 Å². The molecule has 1 aromatic carbocycles. The van der Waals surface area contributed by atoms with Gasteiger partial charge in [0.05, 0.1) is 32.3 Å². The van der Waals surface area contributed by atoms with Crippen LogP contribution in [0.5, 0.6) is 5.75 Å². The maximum atomic E-state index is 12.6. The van der Waals surface area contributed by atoms with Crippen LogP contribution >= 0.6 is 0 Å². The number of hydrogen-bond acceptors (Lipinski definition) is 5. The Kier molecular flexibility index (Phi) is 5.12. The molecule has 24 heavy (non-hydrogen) atoms. The summed E-state index contributed by atoms with van der Waals surface area (Å²) in [4.78, 5) is 21.0. The van der Waals surface area contributed by atoms with Gasteiger partial charge in [0.25, 0.3) is 5.91 Å². The molecule has 0 spiro atoms. The number of rotatable bonds is 5. The Morgan fingerprint density at radius 2 is 2.25 bits per heavy atom. The number of benzene rings is 1. The highest BCUT2D eigenvalue weighted by atomic mass is 16.6. The standard InChI is InChI=1S/C17H21N3O4/c1-22-17(12-24-14-5-3-2-4-6-14)10-20(7-8-23-11-17)16(21)15-9-18-13-19-15/h2-6,9,13H,7-8,10-12H2,1H3,(H,18,19)/t17-/m0/s1. The van der Waals surface area contributed by atoms with Crippen LogP contribution in [0, 0.1) is 0 Å². The van der Waals surface area contributed by atoms with E-state index in [2.05, 4.69) is 9.97 Å². The van der Waals surface area contributed by atoms with Crippen molar-refractivity contribution in [2.24, 2.45) is 0 Å². The zero-order valence-electron chi connectivity index (χ0n) is 13.6. The molecule has 7 heteroatoms. The van der Waals surface area contributed by atoms with Gasteiger partial charge < -0.3 is 24.1 Å². The van der Waals surface area contributed by atoms with Crippen LogP contribution in [0.15, 0.2) is 42.9 Å². The third-order valence-electron chi connectivity index (χ3n) is 4.04. The molecule has 1 atom stereocenters. The van der Waals surface area contributed by atoms with Gasteiger partial charge in [-0.3, -0.25) is 4.79 Å². The number of imidazole rings is 1. The fourth-order valence-electron chi connectivity index (χ4n) is 2.62. The van der Waals surface area contributed by atoms with Crippen LogP contribution in [0.1, 0.15) is 10.5 Å². The van der Waals surface area contributed by atoms with E-state index < -0.39 is 5.60 Å². The predicted octanol–water partition coefficient (Wildman–Crippen LogP) is 1.35. The molecule has 0 unspecified atom stereocenters. The quantitative estimate of drug-likeness (QED) is 0.895. The molecule has 0 saturated carbocycles. The third kappa shape index (κ3) is 3.74. The molecule has 1 aromatic heterocycles. The zero-order valence-corrected chi connectivity index (χ0v) is 13.6. The molecule has 0 aliphatic carbocycles. The molecule has 0 bridgehead atoms. The summed E-state index contributed by atoms with van der Waals surface area (Å²) in [6, 6.07) is 9.51. The minimum absolute atomic E-state index is 0.126. The first kappa shape index (κ1) is 16.5. The lowest BCUT2D eigenvalue weighted by Crippen LogP contribution is -2.51. The first-order valence-electron chi connectivity index (χ1n) is 7.81. The van der Waals surface area contributed by atoms with Gasteiger partial charge in [0, 0.05) is 13.7 Å². The van der Waals surface area contributed by atoms with Crippen molar-refractivity contribution in [2.45, 2.75) is 5.60 Å². The third-order valence-corrected chi connectivity index (χ3v) is 4.04. The minimum Gasteiger partial charge on any atom is -0.490 e. The number of carbonyl (C=O) groups is 1. The van der Waals surface area contributed by atoms with Crippen molar-refractivity contribution in [3.63, 3.8) is 0 Å². The van der Waals surface area contributed by atoms with Crippen LogP contribution in [0.2, 0.25) is 0 Å². The van der Waals surface area contributed by atoms with E-state index >= 15 is 0 Å². The van der Waals surface area contributed by atoms with Crippen LogP contribution in [-0.4, -0.2) is 66.4 Å². The van der Waals surface area contributed by atoms with Crippen molar-refractivity contribution >= 4 is 5.91 Å². The number of aromatic amines is 1. The fraction of sp³-hybridized carbons (Fsp3) is 0.412. The highest BCUT2D eigenvalue weighted by Crippen LogP contribution is 2.20.